The highest BCUT2D eigenvalue weighted by atomic mass is 35.5. The number of nitrogens with one attached hydrogen (secondary N) is 2. The molecule has 1 aromatic heterocycles. The molecule has 0 aliphatic rings. The minimum atomic E-state index is -4.67. The third-order valence-electron chi connectivity index (χ3n) is 2.46. The number of hydrogen-bond donors (Lipinski definition) is 2. The van der Waals surface area contributed by atoms with E-state index in [0.717, 1.165) is 0 Å². The zero-order valence-electron chi connectivity index (χ0n) is 10.3. The topological polar surface area (TPSA) is 57.8 Å². The molecule has 0 bridgehead atoms. The highest BCUT2D eigenvalue weighted by Gasteiger charge is 2.33. The molecule has 0 saturated heterocycles. The summed E-state index contributed by atoms with van der Waals surface area (Å²) in [6.07, 6.45) is -4.67. The summed E-state index contributed by atoms with van der Waals surface area (Å²) in [7, 11) is 0. The molecule has 0 aliphatic heterocycles. The van der Waals surface area contributed by atoms with Crippen LogP contribution in [0.4, 0.5) is 18.9 Å². The molecule has 112 valence electrons. The molecule has 1 heterocycles. The third kappa shape index (κ3) is 4.12. The first-order valence-corrected chi connectivity index (χ1v) is 6.37. The van der Waals surface area contributed by atoms with Gasteiger partial charge in [-0.2, -0.15) is 13.2 Å². The van der Waals surface area contributed by atoms with Gasteiger partial charge in [0.15, 0.2) is 5.69 Å². The van der Waals surface area contributed by atoms with Gasteiger partial charge in [-0.15, -0.1) is 0 Å². The molecule has 2 aromatic rings. The number of nitrogens with zero attached hydrogens (tertiary/aromatic N) is 1. The van der Waals surface area contributed by atoms with Gasteiger partial charge in [0.25, 0.3) is 5.56 Å². The maximum Gasteiger partial charge on any atom is 0.433 e. The Hall–Kier alpha value is -1.73. The number of rotatable bonds is 3. The molecule has 0 amide bonds. The van der Waals surface area contributed by atoms with E-state index in [1.54, 1.807) is 6.07 Å². The molecular formula is C12H8Cl2F3N3O. The predicted octanol–water partition coefficient (Wildman–Crippen LogP) is 3.71. The molecule has 0 atom stereocenters. The van der Waals surface area contributed by atoms with E-state index in [1.165, 1.54) is 12.1 Å². The number of aromatic nitrogens is 2. The molecular weight excluding hydrogens is 330 g/mol. The molecule has 2 N–H and O–H groups in total. The van der Waals surface area contributed by atoms with E-state index in [-0.39, 0.29) is 12.4 Å². The number of hydrogen-bond acceptors (Lipinski definition) is 3. The van der Waals surface area contributed by atoms with E-state index in [4.69, 9.17) is 23.2 Å². The average Bonchev–Trinajstić information content (AvgIpc) is 2.38. The Morgan fingerprint density at radius 2 is 1.90 bits per heavy atom. The monoisotopic (exact) mass is 337 g/mol. The van der Waals surface area contributed by atoms with Crippen LogP contribution >= 0.6 is 23.2 Å². The van der Waals surface area contributed by atoms with Gasteiger partial charge in [0.05, 0.1) is 16.6 Å². The molecule has 2 rings (SSSR count). The largest absolute Gasteiger partial charge is 0.433 e. The minimum absolute atomic E-state index is 0.100. The lowest BCUT2D eigenvalue weighted by atomic mass is 10.3. The first-order valence-electron chi connectivity index (χ1n) is 5.62. The highest BCUT2D eigenvalue weighted by Crippen LogP contribution is 2.27. The van der Waals surface area contributed by atoms with Crippen molar-refractivity contribution in [2.24, 2.45) is 0 Å². The quantitative estimate of drug-likeness (QED) is 0.897. The Morgan fingerprint density at radius 1 is 1.19 bits per heavy atom. The van der Waals surface area contributed by atoms with Crippen molar-refractivity contribution in [1.29, 1.82) is 0 Å². The molecule has 0 fully saturated rings. The van der Waals surface area contributed by atoms with E-state index >= 15 is 0 Å². The Kier molecular flexibility index (Phi) is 4.43. The van der Waals surface area contributed by atoms with Crippen molar-refractivity contribution in [3.63, 3.8) is 0 Å². The predicted molar refractivity (Wildman–Crippen MR) is 73.6 cm³/mol. The zero-order valence-corrected chi connectivity index (χ0v) is 11.8. The van der Waals surface area contributed by atoms with Gasteiger partial charge in [-0.3, -0.25) is 4.79 Å². The fourth-order valence-electron chi connectivity index (χ4n) is 1.53. The smallest absolute Gasteiger partial charge is 0.378 e. The SMILES string of the molecule is O=c1cc(C(F)(F)F)nc(CNc2ccc(Cl)c(Cl)c2)[nH]1. The van der Waals surface area contributed by atoms with Crippen LogP contribution in [0.2, 0.25) is 10.0 Å². The molecule has 0 aliphatic carbocycles. The van der Waals surface area contributed by atoms with E-state index in [2.05, 4.69) is 15.3 Å². The van der Waals surface area contributed by atoms with Crippen molar-refractivity contribution >= 4 is 28.9 Å². The van der Waals surface area contributed by atoms with E-state index < -0.39 is 17.4 Å². The van der Waals surface area contributed by atoms with Crippen molar-refractivity contribution in [3.8, 4) is 0 Å². The number of anilines is 1. The number of H-pyrrole nitrogens is 1. The lowest BCUT2D eigenvalue weighted by molar-refractivity contribution is -0.141. The first kappa shape index (κ1) is 15.7. The minimum Gasteiger partial charge on any atom is -0.378 e. The van der Waals surface area contributed by atoms with Gasteiger partial charge in [0.1, 0.15) is 5.82 Å². The summed E-state index contributed by atoms with van der Waals surface area (Å²) in [6.45, 7) is -0.100. The van der Waals surface area contributed by atoms with Gasteiger partial charge in [-0.05, 0) is 18.2 Å². The van der Waals surface area contributed by atoms with Gasteiger partial charge < -0.3 is 10.3 Å². The number of aromatic amines is 1. The van der Waals surface area contributed by atoms with Crippen molar-refractivity contribution in [1.82, 2.24) is 9.97 Å². The summed E-state index contributed by atoms with van der Waals surface area (Å²) in [5.74, 6) is -0.138. The highest BCUT2D eigenvalue weighted by molar-refractivity contribution is 6.42. The van der Waals surface area contributed by atoms with Crippen LogP contribution in [-0.2, 0) is 12.7 Å². The maximum atomic E-state index is 12.5. The van der Waals surface area contributed by atoms with Gasteiger partial charge in [0, 0.05) is 11.8 Å². The summed E-state index contributed by atoms with van der Waals surface area (Å²) >= 11 is 11.6. The number of alkyl halides is 3. The molecule has 0 unspecified atom stereocenters. The standard InChI is InChI=1S/C12H8Cl2F3N3O/c13-7-2-1-6(3-8(7)14)18-5-10-19-9(12(15,16)17)4-11(21)20-10/h1-4,18H,5H2,(H,19,20,21). The fourth-order valence-corrected chi connectivity index (χ4v) is 1.83. The summed E-state index contributed by atoms with van der Waals surface area (Å²) < 4.78 is 37.6. The summed E-state index contributed by atoms with van der Waals surface area (Å²) in [4.78, 5) is 16.8. The number of benzene rings is 1. The summed E-state index contributed by atoms with van der Waals surface area (Å²) in [5.41, 5.74) is -1.58. The van der Waals surface area contributed by atoms with Gasteiger partial charge in [-0.25, -0.2) is 4.98 Å². The normalized spacial score (nSPS) is 11.5. The van der Waals surface area contributed by atoms with E-state index in [1.807, 2.05) is 0 Å². The second kappa shape index (κ2) is 5.95. The number of halogens is 5. The van der Waals surface area contributed by atoms with Crippen LogP contribution in [0.5, 0.6) is 0 Å². The van der Waals surface area contributed by atoms with Crippen LogP contribution in [-0.4, -0.2) is 9.97 Å². The summed E-state index contributed by atoms with van der Waals surface area (Å²) in [5, 5.41) is 3.44. The van der Waals surface area contributed by atoms with Crippen LogP contribution in [0.1, 0.15) is 11.5 Å². The van der Waals surface area contributed by atoms with Gasteiger partial charge >= 0.3 is 6.18 Å². The molecule has 0 spiro atoms. The Balaban J connectivity index is 2.18. The first-order chi connectivity index (χ1) is 9.75. The molecule has 9 heteroatoms. The average molecular weight is 338 g/mol. The Morgan fingerprint density at radius 3 is 2.52 bits per heavy atom. The van der Waals surface area contributed by atoms with Crippen LogP contribution in [0.25, 0.3) is 0 Å². The second-order valence-electron chi connectivity index (χ2n) is 4.06. The summed E-state index contributed by atoms with van der Waals surface area (Å²) in [6, 6.07) is 5.05. The van der Waals surface area contributed by atoms with Gasteiger partial charge in [-0.1, -0.05) is 23.2 Å². The lowest BCUT2D eigenvalue weighted by Gasteiger charge is -2.09. The molecule has 21 heavy (non-hydrogen) atoms. The third-order valence-corrected chi connectivity index (χ3v) is 3.20. The Labute approximate surface area is 126 Å². The van der Waals surface area contributed by atoms with Gasteiger partial charge in [0.2, 0.25) is 0 Å². The molecule has 0 saturated carbocycles. The van der Waals surface area contributed by atoms with Crippen molar-refractivity contribution in [2.75, 3.05) is 5.32 Å². The Bertz CT molecular complexity index is 716. The lowest BCUT2D eigenvalue weighted by Crippen LogP contribution is -2.20. The van der Waals surface area contributed by atoms with Crippen LogP contribution in [0.3, 0.4) is 0 Å². The maximum absolute atomic E-state index is 12.5. The molecule has 4 nitrogen and oxygen atoms in total. The van der Waals surface area contributed by atoms with E-state index in [9.17, 15) is 18.0 Å². The zero-order chi connectivity index (χ0) is 15.6. The van der Waals surface area contributed by atoms with Crippen molar-refractivity contribution < 1.29 is 13.2 Å². The van der Waals surface area contributed by atoms with Crippen molar-refractivity contribution in [2.45, 2.75) is 12.7 Å². The van der Waals surface area contributed by atoms with Crippen molar-refractivity contribution in [3.05, 3.63) is 56.2 Å². The molecule has 0 radical (unpaired) electrons. The van der Waals surface area contributed by atoms with Crippen LogP contribution in [0, 0.1) is 0 Å². The fraction of sp³-hybridized carbons (Fsp3) is 0.167. The molecule has 1 aromatic carbocycles. The van der Waals surface area contributed by atoms with Crippen LogP contribution in [0.15, 0.2) is 29.1 Å². The second-order valence-corrected chi connectivity index (χ2v) is 4.87. The van der Waals surface area contributed by atoms with E-state index in [0.29, 0.717) is 21.8 Å². The van der Waals surface area contributed by atoms with Crippen LogP contribution < -0.4 is 10.9 Å².